The summed E-state index contributed by atoms with van der Waals surface area (Å²) in [5.41, 5.74) is 0.413. The average molecular weight is 335 g/mol. The maximum Gasteiger partial charge on any atom is 0.336 e. The van der Waals surface area contributed by atoms with Gasteiger partial charge in [-0.1, -0.05) is 12.1 Å². The molecule has 4 nitrogen and oxygen atoms in total. The predicted octanol–water partition coefficient (Wildman–Crippen LogP) is 2.76. The van der Waals surface area contributed by atoms with Gasteiger partial charge in [-0.25, -0.2) is 9.18 Å². The van der Waals surface area contributed by atoms with Crippen LogP contribution in [-0.4, -0.2) is 39.8 Å². The normalized spacial score (nSPS) is 21.7. The molecule has 1 aliphatic heterocycles. The molecule has 23 heavy (non-hydrogen) atoms. The van der Waals surface area contributed by atoms with E-state index in [9.17, 15) is 14.3 Å². The first-order valence-electron chi connectivity index (χ1n) is 7.43. The first kappa shape index (κ1) is 16.1. The maximum absolute atomic E-state index is 12.9. The standard InChI is InChI=1S/C17H18FNO3S/c18-14-3-1-12(2-4-14)8-17(22)5-6-19(11-17)9-15-7-13(10-23-15)16(20)21/h1-4,7,10,22H,5-6,8-9,11H2,(H,20,21). The summed E-state index contributed by atoms with van der Waals surface area (Å²) in [5.74, 6) is -1.19. The van der Waals surface area contributed by atoms with Gasteiger partial charge in [0, 0.05) is 36.3 Å². The van der Waals surface area contributed by atoms with Crippen molar-refractivity contribution in [3.8, 4) is 0 Å². The van der Waals surface area contributed by atoms with E-state index in [2.05, 4.69) is 4.90 Å². The van der Waals surface area contributed by atoms with Crippen molar-refractivity contribution in [2.45, 2.75) is 25.0 Å². The molecule has 0 amide bonds. The van der Waals surface area contributed by atoms with Crippen molar-refractivity contribution in [1.29, 1.82) is 0 Å². The number of rotatable bonds is 5. The second-order valence-corrected chi connectivity index (χ2v) is 7.09. The van der Waals surface area contributed by atoms with Gasteiger partial charge in [-0.05, 0) is 30.2 Å². The summed E-state index contributed by atoms with van der Waals surface area (Å²) >= 11 is 1.42. The predicted molar refractivity (Wildman–Crippen MR) is 86.2 cm³/mol. The molecule has 0 radical (unpaired) electrons. The number of thiophene rings is 1. The zero-order valence-electron chi connectivity index (χ0n) is 12.5. The number of aromatic carboxylic acids is 1. The van der Waals surface area contributed by atoms with Crippen LogP contribution in [0.3, 0.4) is 0 Å². The smallest absolute Gasteiger partial charge is 0.336 e. The van der Waals surface area contributed by atoms with Gasteiger partial charge in [-0.15, -0.1) is 11.3 Å². The summed E-state index contributed by atoms with van der Waals surface area (Å²) in [6.45, 7) is 1.94. The van der Waals surface area contributed by atoms with Gasteiger partial charge < -0.3 is 10.2 Å². The Bertz CT molecular complexity index is 700. The number of carbonyl (C=O) groups is 1. The van der Waals surface area contributed by atoms with Gasteiger partial charge in [0.1, 0.15) is 5.82 Å². The van der Waals surface area contributed by atoms with E-state index < -0.39 is 11.6 Å². The number of carboxylic acids is 1. The Morgan fingerprint density at radius 2 is 2.09 bits per heavy atom. The van der Waals surface area contributed by atoms with Crippen molar-refractivity contribution in [3.05, 3.63) is 57.5 Å². The van der Waals surface area contributed by atoms with E-state index in [1.807, 2.05) is 0 Å². The van der Waals surface area contributed by atoms with Gasteiger partial charge in [0.05, 0.1) is 11.2 Å². The first-order valence-corrected chi connectivity index (χ1v) is 8.31. The largest absolute Gasteiger partial charge is 0.478 e. The summed E-state index contributed by atoms with van der Waals surface area (Å²) in [5, 5.41) is 21.3. The summed E-state index contributed by atoms with van der Waals surface area (Å²) in [6, 6.07) is 7.90. The van der Waals surface area contributed by atoms with Crippen LogP contribution in [0.25, 0.3) is 0 Å². The van der Waals surface area contributed by atoms with Crippen LogP contribution < -0.4 is 0 Å². The molecule has 2 aromatic rings. The van der Waals surface area contributed by atoms with E-state index in [-0.39, 0.29) is 5.82 Å². The maximum atomic E-state index is 12.9. The third-order valence-electron chi connectivity index (χ3n) is 4.14. The van der Waals surface area contributed by atoms with Gasteiger partial charge in [0.15, 0.2) is 0 Å². The Kier molecular flexibility index (Phi) is 4.48. The van der Waals surface area contributed by atoms with E-state index >= 15 is 0 Å². The number of likely N-dealkylation sites (tertiary alicyclic amines) is 1. The zero-order chi connectivity index (χ0) is 16.4. The molecular formula is C17H18FNO3S. The molecule has 1 aromatic heterocycles. The molecule has 0 spiro atoms. The Morgan fingerprint density at radius 1 is 1.35 bits per heavy atom. The molecule has 1 aromatic carbocycles. The number of hydrogen-bond donors (Lipinski definition) is 2. The second kappa shape index (κ2) is 6.39. The van der Waals surface area contributed by atoms with Crippen molar-refractivity contribution in [2.75, 3.05) is 13.1 Å². The fraction of sp³-hybridized carbons (Fsp3) is 0.353. The molecule has 2 heterocycles. The summed E-state index contributed by atoms with van der Waals surface area (Å²) < 4.78 is 12.9. The molecule has 122 valence electrons. The number of β-amino-alcohol motifs (C(OH)–C–C–N with tert-alkyl or cyclic N) is 1. The van der Waals surface area contributed by atoms with E-state index in [4.69, 9.17) is 5.11 Å². The molecule has 3 rings (SSSR count). The number of halogens is 1. The molecule has 1 saturated heterocycles. The molecule has 1 atom stereocenters. The van der Waals surface area contributed by atoms with Gasteiger partial charge in [0.25, 0.3) is 0 Å². The Balaban J connectivity index is 1.60. The Labute approximate surface area is 137 Å². The highest BCUT2D eigenvalue weighted by molar-refractivity contribution is 7.10. The van der Waals surface area contributed by atoms with Crippen molar-refractivity contribution in [2.24, 2.45) is 0 Å². The van der Waals surface area contributed by atoms with Gasteiger partial charge in [0.2, 0.25) is 0 Å². The number of carboxylic acid groups (broad SMARTS) is 1. The van der Waals surface area contributed by atoms with Crippen LogP contribution in [0.5, 0.6) is 0 Å². The average Bonchev–Trinajstić information content (AvgIpc) is 3.10. The van der Waals surface area contributed by atoms with Crippen LogP contribution >= 0.6 is 11.3 Å². The lowest BCUT2D eigenvalue weighted by Crippen LogP contribution is -2.35. The fourth-order valence-electron chi connectivity index (χ4n) is 3.00. The molecule has 0 aliphatic carbocycles. The fourth-order valence-corrected chi connectivity index (χ4v) is 3.90. The van der Waals surface area contributed by atoms with Crippen LogP contribution in [0.2, 0.25) is 0 Å². The lowest BCUT2D eigenvalue weighted by molar-refractivity contribution is 0.0488. The van der Waals surface area contributed by atoms with Crippen LogP contribution in [-0.2, 0) is 13.0 Å². The summed E-state index contributed by atoms with van der Waals surface area (Å²) in [4.78, 5) is 14.0. The number of hydrogen-bond acceptors (Lipinski definition) is 4. The van der Waals surface area contributed by atoms with E-state index in [1.165, 1.54) is 23.5 Å². The minimum Gasteiger partial charge on any atom is -0.478 e. The Morgan fingerprint density at radius 3 is 2.74 bits per heavy atom. The monoisotopic (exact) mass is 335 g/mol. The van der Waals surface area contributed by atoms with Crippen molar-refractivity contribution >= 4 is 17.3 Å². The van der Waals surface area contributed by atoms with Gasteiger partial charge in [-0.2, -0.15) is 0 Å². The van der Waals surface area contributed by atoms with Crippen LogP contribution in [0.15, 0.2) is 35.7 Å². The van der Waals surface area contributed by atoms with E-state index in [1.54, 1.807) is 23.6 Å². The summed E-state index contributed by atoms with van der Waals surface area (Å²) in [6.07, 6.45) is 1.15. The van der Waals surface area contributed by atoms with Crippen molar-refractivity contribution < 1.29 is 19.4 Å². The first-order chi connectivity index (χ1) is 10.9. The van der Waals surface area contributed by atoms with E-state index in [0.29, 0.717) is 31.5 Å². The lowest BCUT2D eigenvalue weighted by atomic mass is 9.94. The highest BCUT2D eigenvalue weighted by Crippen LogP contribution is 2.28. The molecule has 2 N–H and O–H groups in total. The van der Waals surface area contributed by atoms with Crippen molar-refractivity contribution in [1.82, 2.24) is 4.90 Å². The minimum atomic E-state index is -0.915. The number of benzene rings is 1. The number of nitrogens with zero attached hydrogens (tertiary/aromatic N) is 1. The Hall–Kier alpha value is -1.76. The second-order valence-electron chi connectivity index (χ2n) is 6.10. The van der Waals surface area contributed by atoms with E-state index in [0.717, 1.165) is 17.0 Å². The van der Waals surface area contributed by atoms with Crippen LogP contribution in [0, 0.1) is 5.82 Å². The minimum absolute atomic E-state index is 0.277. The molecule has 1 fully saturated rings. The molecule has 1 aliphatic rings. The molecule has 0 saturated carbocycles. The summed E-state index contributed by atoms with van der Waals surface area (Å²) in [7, 11) is 0. The molecular weight excluding hydrogens is 317 g/mol. The highest BCUT2D eigenvalue weighted by atomic mass is 32.1. The SMILES string of the molecule is O=C(O)c1csc(CN2CCC(O)(Cc3ccc(F)cc3)C2)c1. The third-order valence-corrected chi connectivity index (χ3v) is 5.06. The van der Waals surface area contributed by atoms with Gasteiger partial charge >= 0.3 is 5.97 Å². The van der Waals surface area contributed by atoms with Crippen LogP contribution in [0.4, 0.5) is 4.39 Å². The highest BCUT2D eigenvalue weighted by Gasteiger charge is 2.36. The zero-order valence-corrected chi connectivity index (χ0v) is 13.4. The van der Waals surface area contributed by atoms with Gasteiger partial charge in [-0.3, -0.25) is 4.90 Å². The quantitative estimate of drug-likeness (QED) is 0.882. The third kappa shape index (κ3) is 3.96. The molecule has 6 heteroatoms. The lowest BCUT2D eigenvalue weighted by Gasteiger charge is -2.23. The number of aliphatic hydroxyl groups is 1. The molecule has 1 unspecified atom stereocenters. The van der Waals surface area contributed by atoms with Crippen molar-refractivity contribution in [3.63, 3.8) is 0 Å². The topological polar surface area (TPSA) is 60.8 Å². The van der Waals surface area contributed by atoms with Crippen LogP contribution in [0.1, 0.15) is 27.2 Å². The molecule has 0 bridgehead atoms.